The molecule has 0 radical (unpaired) electrons. The molecule has 1 aromatic carbocycles. The number of hydrogen-bond donors (Lipinski definition) is 2. The molecular weight excluding hydrogens is 324 g/mol. The number of aromatic nitrogens is 2. The van der Waals surface area contributed by atoms with E-state index in [0.717, 1.165) is 46.5 Å². The van der Waals surface area contributed by atoms with Crippen molar-refractivity contribution in [1.82, 2.24) is 15.3 Å². The Balaban J connectivity index is 1.68. The lowest BCUT2D eigenvalue weighted by atomic mass is 9.99. The largest absolute Gasteiger partial charge is 0.399 e. The van der Waals surface area contributed by atoms with Crippen molar-refractivity contribution in [2.24, 2.45) is 0 Å². The van der Waals surface area contributed by atoms with E-state index in [1.54, 1.807) is 18.5 Å². The first-order valence-electron chi connectivity index (χ1n) is 8.70. The first-order chi connectivity index (χ1) is 12.6. The Labute approximate surface area is 152 Å². The van der Waals surface area contributed by atoms with E-state index < -0.39 is 0 Å². The lowest BCUT2D eigenvalue weighted by Gasteiger charge is -2.10. The lowest BCUT2D eigenvalue weighted by Crippen LogP contribution is -2.26. The molecule has 0 unspecified atom stereocenters. The minimum Gasteiger partial charge on any atom is -0.399 e. The van der Waals surface area contributed by atoms with Gasteiger partial charge in [0, 0.05) is 29.7 Å². The Morgan fingerprint density at radius 2 is 1.81 bits per heavy atom. The SMILES string of the molecule is Cc1ccc(N)cc1-c1ccnc(-c2ccnc(C(=O)NC3CC3)c2)c1. The van der Waals surface area contributed by atoms with Gasteiger partial charge >= 0.3 is 0 Å². The van der Waals surface area contributed by atoms with Gasteiger partial charge in [0.15, 0.2) is 0 Å². The molecule has 1 saturated carbocycles. The van der Waals surface area contributed by atoms with Crippen LogP contribution in [0.1, 0.15) is 28.9 Å². The van der Waals surface area contributed by atoms with Gasteiger partial charge < -0.3 is 11.1 Å². The summed E-state index contributed by atoms with van der Waals surface area (Å²) in [6, 6.07) is 13.8. The molecule has 0 saturated heterocycles. The highest BCUT2D eigenvalue weighted by atomic mass is 16.2. The number of rotatable bonds is 4. The van der Waals surface area contributed by atoms with Crippen LogP contribution in [-0.4, -0.2) is 21.9 Å². The highest BCUT2D eigenvalue weighted by Gasteiger charge is 2.24. The number of nitrogens with two attached hydrogens (primary N) is 1. The van der Waals surface area contributed by atoms with Crippen LogP contribution in [0.25, 0.3) is 22.4 Å². The van der Waals surface area contributed by atoms with Gasteiger partial charge in [0.25, 0.3) is 5.91 Å². The second kappa shape index (κ2) is 6.59. The predicted octanol–water partition coefficient (Wildman–Crippen LogP) is 3.59. The zero-order valence-corrected chi connectivity index (χ0v) is 14.6. The zero-order chi connectivity index (χ0) is 18.1. The lowest BCUT2D eigenvalue weighted by molar-refractivity contribution is 0.0946. The molecule has 5 nitrogen and oxygen atoms in total. The van der Waals surface area contributed by atoms with Crippen molar-refractivity contribution in [3.63, 3.8) is 0 Å². The second-order valence-electron chi connectivity index (χ2n) is 6.68. The van der Waals surface area contributed by atoms with Crippen LogP contribution in [0.4, 0.5) is 5.69 Å². The molecule has 0 atom stereocenters. The third kappa shape index (κ3) is 3.42. The average Bonchev–Trinajstić information content (AvgIpc) is 3.48. The van der Waals surface area contributed by atoms with Gasteiger partial charge in [-0.25, -0.2) is 0 Å². The number of nitrogens with one attached hydrogen (secondary N) is 1. The summed E-state index contributed by atoms with van der Waals surface area (Å²) in [6.45, 7) is 2.06. The molecule has 1 aliphatic rings. The van der Waals surface area contributed by atoms with Gasteiger partial charge in [-0.3, -0.25) is 14.8 Å². The summed E-state index contributed by atoms with van der Waals surface area (Å²) in [5, 5.41) is 2.96. The van der Waals surface area contributed by atoms with E-state index in [1.807, 2.05) is 36.4 Å². The van der Waals surface area contributed by atoms with Gasteiger partial charge in [0.05, 0.1) is 5.69 Å². The van der Waals surface area contributed by atoms with Crippen LogP contribution < -0.4 is 11.1 Å². The molecule has 26 heavy (non-hydrogen) atoms. The molecule has 0 aliphatic heterocycles. The number of pyridine rings is 2. The maximum absolute atomic E-state index is 12.2. The van der Waals surface area contributed by atoms with E-state index in [9.17, 15) is 4.79 Å². The van der Waals surface area contributed by atoms with Crippen LogP contribution in [0.3, 0.4) is 0 Å². The Morgan fingerprint density at radius 3 is 2.62 bits per heavy atom. The topological polar surface area (TPSA) is 80.9 Å². The molecule has 1 amide bonds. The Kier molecular flexibility index (Phi) is 4.13. The molecule has 2 heterocycles. The van der Waals surface area contributed by atoms with Crippen molar-refractivity contribution >= 4 is 11.6 Å². The van der Waals surface area contributed by atoms with Crippen molar-refractivity contribution < 1.29 is 4.79 Å². The molecule has 3 N–H and O–H groups in total. The number of carbonyl (C=O) groups is 1. The minimum atomic E-state index is -0.128. The first kappa shape index (κ1) is 16.3. The van der Waals surface area contributed by atoms with Crippen LogP contribution >= 0.6 is 0 Å². The smallest absolute Gasteiger partial charge is 0.270 e. The van der Waals surface area contributed by atoms with Gasteiger partial charge in [-0.15, -0.1) is 0 Å². The van der Waals surface area contributed by atoms with E-state index in [0.29, 0.717) is 11.7 Å². The van der Waals surface area contributed by atoms with Crippen molar-refractivity contribution in [2.75, 3.05) is 5.73 Å². The minimum absolute atomic E-state index is 0.128. The molecule has 1 fully saturated rings. The van der Waals surface area contributed by atoms with E-state index in [-0.39, 0.29) is 5.91 Å². The molecule has 5 heteroatoms. The molecule has 0 bridgehead atoms. The average molecular weight is 344 g/mol. The fourth-order valence-corrected chi connectivity index (χ4v) is 2.91. The van der Waals surface area contributed by atoms with E-state index in [4.69, 9.17) is 5.73 Å². The number of nitrogens with zero attached hydrogens (tertiary/aromatic N) is 2. The molecule has 130 valence electrons. The van der Waals surface area contributed by atoms with Crippen LogP contribution in [0.5, 0.6) is 0 Å². The molecular formula is C21H20N4O. The number of carbonyl (C=O) groups excluding carboxylic acids is 1. The van der Waals surface area contributed by atoms with Crippen LogP contribution in [0, 0.1) is 6.92 Å². The number of hydrogen-bond acceptors (Lipinski definition) is 4. The summed E-state index contributed by atoms with van der Waals surface area (Å²) in [7, 11) is 0. The third-order valence-electron chi connectivity index (χ3n) is 4.53. The Hall–Kier alpha value is -3.21. The van der Waals surface area contributed by atoms with Crippen molar-refractivity contribution in [3.05, 3.63) is 66.1 Å². The first-order valence-corrected chi connectivity index (χ1v) is 8.70. The molecule has 2 aromatic heterocycles. The van der Waals surface area contributed by atoms with Gasteiger partial charge in [0.1, 0.15) is 5.69 Å². The van der Waals surface area contributed by atoms with Crippen LogP contribution in [-0.2, 0) is 0 Å². The second-order valence-corrected chi connectivity index (χ2v) is 6.68. The highest BCUT2D eigenvalue weighted by molar-refractivity contribution is 5.93. The monoisotopic (exact) mass is 344 g/mol. The number of amides is 1. The highest BCUT2D eigenvalue weighted by Crippen LogP contribution is 2.28. The fraction of sp³-hybridized carbons (Fsp3) is 0.190. The molecule has 4 rings (SSSR count). The number of anilines is 1. The summed E-state index contributed by atoms with van der Waals surface area (Å²) in [6.07, 6.45) is 5.53. The zero-order valence-electron chi connectivity index (χ0n) is 14.6. The van der Waals surface area contributed by atoms with Crippen molar-refractivity contribution in [2.45, 2.75) is 25.8 Å². The Morgan fingerprint density at radius 1 is 1.04 bits per heavy atom. The quantitative estimate of drug-likeness (QED) is 0.709. The Bertz CT molecular complexity index is 979. The van der Waals surface area contributed by atoms with E-state index in [1.165, 1.54) is 0 Å². The normalized spacial score (nSPS) is 13.4. The maximum atomic E-state index is 12.2. The molecule has 0 spiro atoms. The van der Waals surface area contributed by atoms with Gasteiger partial charge in [-0.2, -0.15) is 0 Å². The third-order valence-corrected chi connectivity index (χ3v) is 4.53. The van der Waals surface area contributed by atoms with Gasteiger partial charge in [0.2, 0.25) is 0 Å². The number of nitrogen functional groups attached to an aromatic ring is 1. The standard InChI is InChI=1S/C21H20N4O/c1-13-2-3-16(22)12-18(13)14-6-8-23-19(10-14)15-7-9-24-20(11-15)21(26)25-17-4-5-17/h2-3,6-12,17H,4-5,22H2,1H3,(H,25,26). The summed E-state index contributed by atoms with van der Waals surface area (Å²) < 4.78 is 0. The van der Waals surface area contributed by atoms with E-state index in [2.05, 4.69) is 22.2 Å². The van der Waals surface area contributed by atoms with Gasteiger partial charge in [-0.1, -0.05) is 6.07 Å². The van der Waals surface area contributed by atoms with Crippen LogP contribution in [0.15, 0.2) is 54.9 Å². The molecule has 3 aromatic rings. The predicted molar refractivity (Wildman–Crippen MR) is 103 cm³/mol. The van der Waals surface area contributed by atoms with E-state index >= 15 is 0 Å². The summed E-state index contributed by atoms with van der Waals surface area (Å²) in [4.78, 5) is 20.9. The summed E-state index contributed by atoms with van der Waals surface area (Å²) in [5.74, 6) is -0.128. The van der Waals surface area contributed by atoms with Gasteiger partial charge in [-0.05, 0) is 72.9 Å². The van der Waals surface area contributed by atoms with Crippen molar-refractivity contribution in [3.8, 4) is 22.4 Å². The summed E-state index contributed by atoms with van der Waals surface area (Å²) in [5.41, 5.74) is 12.0. The summed E-state index contributed by atoms with van der Waals surface area (Å²) >= 11 is 0. The fourth-order valence-electron chi connectivity index (χ4n) is 2.91. The number of benzene rings is 1. The van der Waals surface area contributed by atoms with Crippen LogP contribution in [0.2, 0.25) is 0 Å². The number of aryl methyl sites for hydroxylation is 1. The maximum Gasteiger partial charge on any atom is 0.270 e. The molecule has 1 aliphatic carbocycles. The van der Waals surface area contributed by atoms with Crippen molar-refractivity contribution in [1.29, 1.82) is 0 Å².